The summed E-state index contributed by atoms with van der Waals surface area (Å²) in [6.45, 7) is 7.28. The average molecular weight is 335 g/mol. The SMILES string of the molecule is CCCC(CNC(C)C)Oc1ccc(Br)cc1Cl. The van der Waals surface area contributed by atoms with Crippen molar-refractivity contribution in [3.8, 4) is 5.75 Å². The molecule has 0 saturated carbocycles. The largest absolute Gasteiger partial charge is 0.488 e. The van der Waals surface area contributed by atoms with E-state index in [0.717, 1.165) is 29.6 Å². The second-order valence-corrected chi connectivity index (χ2v) is 5.99. The fraction of sp³-hybridized carbons (Fsp3) is 0.571. The third-order valence-electron chi connectivity index (χ3n) is 2.55. The van der Waals surface area contributed by atoms with E-state index in [-0.39, 0.29) is 6.10 Å². The van der Waals surface area contributed by atoms with Crippen molar-refractivity contribution in [2.45, 2.75) is 45.8 Å². The predicted octanol–water partition coefficient (Wildman–Crippen LogP) is 4.65. The molecule has 1 rings (SSSR count). The maximum atomic E-state index is 6.16. The normalized spacial score (nSPS) is 12.8. The molecular weight excluding hydrogens is 314 g/mol. The molecule has 0 aliphatic heterocycles. The molecule has 0 bridgehead atoms. The van der Waals surface area contributed by atoms with Crippen molar-refractivity contribution in [2.75, 3.05) is 6.54 Å². The second-order valence-electron chi connectivity index (χ2n) is 4.67. The van der Waals surface area contributed by atoms with E-state index < -0.39 is 0 Å². The smallest absolute Gasteiger partial charge is 0.138 e. The summed E-state index contributed by atoms with van der Waals surface area (Å²) < 4.78 is 6.94. The minimum Gasteiger partial charge on any atom is -0.488 e. The zero-order valence-corrected chi connectivity index (χ0v) is 13.5. The lowest BCUT2D eigenvalue weighted by Crippen LogP contribution is -2.35. The molecule has 0 aliphatic carbocycles. The molecule has 0 fully saturated rings. The van der Waals surface area contributed by atoms with Gasteiger partial charge in [0.15, 0.2) is 0 Å². The Bertz CT molecular complexity index is 371. The van der Waals surface area contributed by atoms with Crippen molar-refractivity contribution in [1.82, 2.24) is 5.32 Å². The first kappa shape index (κ1) is 15.8. The third-order valence-corrected chi connectivity index (χ3v) is 3.34. The van der Waals surface area contributed by atoms with Crippen LogP contribution in [0.1, 0.15) is 33.6 Å². The summed E-state index contributed by atoms with van der Waals surface area (Å²) in [7, 11) is 0. The maximum Gasteiger partial charge on any atom is 0.138 e. The predicted molar refractivity (Wildman–Crippen MR) is 81.6 cm³/mol. The lowest BCUT2D eigenvalue weighted by atomic mass is 10.2. The van der Waals surface area contributed by atoms with Gasteiger partial charge in [-0.2, -0.15) is 0 Å². The van der Waals surface area contributed by atoms with Gasteiger partial charge < -0.3 is 10.1 Å². The second kappa shape index (κ2) is 8.03. The first-order valence-corrected chi connectivity index (χ1v) is 7.55. The van der Waals surface area contributed by atoms with Gasteiger partial charge in [-0.05, 0) is 24.6 Å². The van der Waals surface area contributed by atoms with E-state index in [4.69, 9.17) is 16.3 Å². The molecule has 0 saturated heterocycles. The standard InChI is InChI=1S/C14H21BrClNO/c1-4-5-12(9-17-10(2)3)18-14-7-6-11(15)8-13(14)16/h6-8,10,12,17H,4-5,9H2,1-3H3. The van der Waals surface area contributed by atoms with E-state index in [0.29, 0.717) is 11.1 Å². The fourth-order valence-electron chi connectivity index (χ4n) is 1.64. The first-order chi connectivity index (χ1) is 8.52. The number of nitrogens with one attached hydrogen (secondary N) is 1. The Kier molecular flexibility index (Phi) is 7.05. The van der Waals surface area contributed by atoms with Crippen molar-refractivity contribution in [1.29, 1.82) is 0 Å². The van der Waals surface area contributed by atoms with Crippen LogP contribution in [0.4, 0.5) is 0 Å². The van der Waals surface area contributed by atoms with Crippen LogP contribution in [0.25, 0.3) is 0 Å². The molecule has 0 amide bonds. The highest BCUT2D eigenvalue weighted by Crippen LogP contribution is 2.28. The molecular formula is C14H21BrClNO. The Balaban J connectivity index is 2.64. The van der Waals surface area contributed by atoms with Gasteiger partial charge in [-0.3, -0.25) is 0 Å². The molecule has 1 unspecified atom stereocenters. The van der Waals surface area contributed by atoms with Crippen molar-refractivity contribution >= 4 is 27.5 Å². The van der Waals surface area contributed by atoms with Gasteiger partial charge >= 0.3 is 0 Å². The summed E-state index contributed by atoms with van der Waals surface area (Å²) in [5.41, 5.74) is 0. The summed E-state index contributed by atoms with van der Waals surface area (Å²) in [6.07, 6.45) is 2.28. The molecule has 2 nitrogen and oxygen atoms in total. The Labute approximate surface area is 123 Å². The lowest BCUT2D eigenvalue weighted by molar-refractivity contribution is 0.183. The summed E-state index contributed by atoms with van der Waals surface area (Å²) in [6, 6.07) is 6.17. The Hall–Kier alpha value is -0.250. The average Bonchev–Trinajstić information content (AvgIpc) is 2.29. The maximum absolute atomic E-state index is 6.16. The van der Waals surface area contributed by atoms with E-state index in [1.165, 1.54) is 0 Å². The van der Waals surface area contributed by atoms with E-state index in [2.05, 4.69) is 42.0 Å². The first-order valence-electron chi connectivity index (χ1n) is 6.38. The van der Waals surface area contributed by atoms with Crippen LogP contribution in [0.3, 0.4) is 0 Å². The van der Waals surface area contributed by atoms with Crippen LogP contribution in [-0.2, 0) is 0 Å². The number of rotatable bonds is 7. The molecule has 102 valence electrons. The number of benzene rings is 1. The molecule has 4 heteroatoms. The summed E-state index contributed by atoms with van der Waals surface area (Å²) >= 11 is 9.55. The van der Waals surface area contributed by atoms with Gasteiger partial charge in [0.05, 0.1) is 5.02 Å². The molecule has 0 spiro atoms. The zero-order valence-electron chi connectivity index (χ0n) is 11.2. The van der Waals surface area contributed by atoms with Crippen molar-refractivity contribution in [2.24, 2.45) is 0 Å². The minimum absolute atomic E-state index is 0.163. The van der Waals surface area contributed by atoms with Crippen LogP contribution >= 0.6 is 27.5 Å². The molecule has 1 aromatic rings. The molecule has 1 atom stereocenters. The highest BCUT2D eigenvalue weighted by Gasteiger charge is 2.12. The Morgan fingerprint density at radius 2 is 2.11 bits per heavy atom. The van der Waals surface area contributed by atoms with Gasteiger partial charge in [-0.15, -0.1) is 0 Å². The third kappa shape index (κ3) is 5.59. The summed E-state index contributed by atoms with van der Waals surface area (Å²) in [5.74, 6) is 0.754. The Morgan fingerprint density at radius 1 is 1.39 bits per heavy atom. The van der Waals surface area contributed by atoms with E-state index >= 15 is 0 Å². The molecule has 0 heterocycles. The zero-order chi connectivity index (χ0) is 13.5. The monoisotopic (exact) mass is 333 g/mol. The summed E-state index contributed by atoms with van der Waals surface area (Å²) in [5, 5.41) is 4.05. The molecule has 1 N–H and O–H groups in total. The van der Waals surface area contributed by atoms with Crippen LogP contribution < -0.4 is 10.1 Å². The van der Waals surface area contributed by atoms with Gasteiger partial charge in [0.25, 0.3) is 0 Å². The highest BCUT2D eigenvalue weighted by molar-refractivity contribution is 9.10. The van der Waals surface area contributed by atoms with Crippen LogP contribution in [0, 0.1) is 0 Å². The van der Waals surface area contributed by atoms with Gasteiger partial charge in [0, 0.05) is 17.1 Å². The van der Waals surface area contributed by atoms with E-state index in [1.807, 2.05) is 18.2 Å². The van der Waals surface area contributed by atoms with Crippen molar-refractivity contribution in [3.63, 3.8) is 0 Å². The quantitative estimate of drug-likeness (QED) is 0.784. The molecule has 18 heavy (non-hydrogen) atoms. The Morgan fingerprint density at radius 3 is 2.67 bits per heavy atom. The van der Waals surface area contributed by atoms with E-state index in [9.17, 15) is 0 Å². The van der Waals surface area contributed by atoms with Gasteiger partial charge in [-0.1, -0.05) is 54.7 Å². The summed E-state index contributed by atoms with van der Waals surface area (Å²) in [4.78, 5) is 0. The van der Waals surface area contributed by atoms with Crippen molar-refractivity contribution < 1.29 is 4.74 Å². The van der Waals surface area contributed by atoms with Crippen molar-refractivity contribution in [3.05, 3.63) is 27.7 Å². The number of halogens is 2. The van der Waals surface area contributed by atoms with Crippen LogP contribution in [0.15, 0.2) is 22.7 Å². The highest BCUT2D eigenvalue weighted by atomic mass is 79.9. The van der Waals surface area contributed by atoms with Gasteiger partial charge in [0.1, 0.15) is 11.9 Å². The molecule has 0 aliphatic rings. The van der Waals surface area contributed by atoms with E-state index in [1.54, 1.807) is 0 Å². The number of hydrogen-bond acceptors (Lipinski definition) is 2. The van der Waals surface area contributed by atoms with Gasteiger partial charge in [0.2, 0.25) is 0 Å². The molecule has 0 aromatic heterocycles. The van der Waals surface area contributed by atoms with Crippen LogP contribution in [0.5, 0.6) is 5.75 Å². The fourth-order valence-corrected chi connectivity index (χ4v) is 2.36. The lowest BCUT2D eigenvalue weighted by Gasteiger charge is -2.21. The van der Waals surface area contributed by atoms with Gasteiger partial charge in [-0.25, -0.2) is 0 Å². The number of ether oxygens (including phenoxy) is 1. The topological polar surface area (TPSA) is 21.3 Å². The van der Waals surface area contributed by atoms with Crippen LogP contribution in [0.2, 0.25) is 5.02 Å². The number of hydrogen-bond donors (Lipinski definition) is 1. The molecule has 0 radical (unpaired) electrons. The molecule has 1 aromatic carbocycles. The van der Waals surface area contributed by atoms with Crippen LogP contribution in [-0.4, -0.2) is 18.7 Å². The minimum atomic E-state index is 0.163.